The Morgan fingerprint density at radius 3 is 0.978 bits per heavy atom. The van der Waals surface area contributed by atoms with Gasteiger partial charge in [-0.15, -0.1) is 0 Å². The molecule has 17 N–H and O–H groups in total. The zero-order valence-electron chi connectivity index (χ0n) is 78.7. The highest BCUT2D eigenvalue weighted by molar-refractivity contribution is 7.99. The zero-order chi connectivity index (χ0) is 99.3. The summed E-state index contributed by atoms with van der Waals surface area (Å²) in [5, 5.41) is 93.1. The van der Waals surface area contributed by atoms with Gasteiger partial charge in [-0.3, -0.25) is 76.7 Å². The van der Waals surface area contributed by atoms with Gasteiger partial charge >= 0.3 is 53.7 Å². The molecule has 0 saturated heterocycles. The van der Waals surface area contributed by atoms with Crippen LogP contribution in [-0.2, 0) is 90.9 Å². The number of carbonyl (C=O) groups is 18. The summed E-state index contributed by atoms with van der Waals surface area (Å²) >= 11 is 1.52. The second kappa shape index (κ2) is 72.9. The maximum Gasteiger partial charge on any atom is 0.382 e. The molecule has 10 fully saturated rings. The van der Waals surface area contributed by atoms with E-state index in [2.05, 4.69) is 52.6 Å². The number of hydrogen-bond acceptors (Lipinski definition) is 22. The summed E-state index contributed by atoms with van der Waals surface area (Å²) in [7, 11) is 1.41. The van der Waals surface area contributed by atoms with Crippen molar-refractivity contribution < 1.29 is 141 Å². The Morgan fingerprint density at radius 2 is 0.622 bits per heavy atom. The predicted molar refractivity (Wildman–Crippen MR) is 499 cm³/mol. The minimum atomic E-state index is -1.28. The third-order valence-electron chi connectivity index (χ3n) is 22.0. The number of aliphatic carboxylic acids is 7. The van der Waals surface area contributed by atoms with Crippen molar-refractivity contribution in [3.05, 3.63) is 35.4 Å². The average Bonchev–Trinajstić information content (AvgIpc) is 1.19. The Balaban J connectivity index is 0.000000392. The summed E-state index contributed by atoms with van der Waals surface area (Å²) in [6.07, 6.45) is 40.8. The van der Waals surface area contributed by atoms with Gasteiger partial charge in [0.1, 0.15) is 0 Å². The van der Waals surface area contributed by atoms with Crippen molar-refractivity contribution in [2.24, 2.45) is 35.5 Å². The first-order valence-electron chi connectivity index (χ1n) is 48.4. The number of benzene rings is 1. The molecular formula is C96H151N9O29S. The second-order valence-electron chi connectivity index (χ2n) is 35.6. The van der Waals surface area contributed by atoms with E-state index in [1.807, 2.05) is 5.92 Å². The number of thioether (sulfide) groups is 1. The number of amides is 9. The van der Waals surface area contributed by atoms with Crippen LogP contribution in [0.2, 0.25) is 0 Å². The molecule has 760 valence electrons. The Hall–Kier alpha value is -10.5. The molecule has 1 aromatic carbocycles. The standard InChI is InChI=1S/C14H25NO3.C13H23NO3.C12H21NO3.C11H17NO3.C11H11NO3.C10H17NO4.C9H15NO4.C9H15NO3S.C7H7NO3/c16-13(15-11-12-9-10-12)7-5-3-1-2-4-6-8-14(17)18;1-17-13(16)7-5-3-2-4-6-12(15)14-10-11-8-9-11;14-11(13-9-10-7-8-10)5-3-1-2-4-6-12(15)16;2*13-10(12-9-5-6-9)7-1-3-8(4-2-7)11(14)15;12-9(11-7-8-1-2-8)3-5-15-6-4-10(13)14;2*11-8(10-7-1-2-7)3-5-14-6-4-9(12)13;9-6(3-4-7(10)11)8-5-1-2-5/h12H,1-11H2,(H,15,16)(H,17,18);11H,2-10H2,1H3,(H,14,15);10H,1-9H2,(H,13,14)(H,15,16);7-9H,1-6H2,(H,12,13)(H,14,15);1-4,9H,5-6H2,(H,12,13)(H,14,15);8H,1-7H2,(H,11,12)(H,13,14);2*7H,1-6H2,(H,10,11)(H,12,13);5H,1-2H2,(H,8,9)(H,10,11). The summed E-state index contributed by atoms with van der Waals surface area (Å²) in [5.74, 6) is 0.710. The smallest absolute Gasteiger partial charge is 0.382 e. The van der Waals surface area contributed by atoms with Crippen LogP contribution < -0.4 is 47.9 Å². The molecule has 135 heavy (non-hydrogen) atoms. The van der Waals surface area contributed by atoms with Crippen LogP contribution in [0.4, 0.5) is 0 Å². The molecule has 10 aliphatic rings. The third-order valence-corrected chi connectivity index (χ3v) is 23.0. The van der Waals surface area contributed by atoms with E-state index in [0.29, 0.717) is 118 Å². The quantitative estimate of drug-likeness (QED) is 0.0164. The van der Waals surface area contributed by atoms with Gasteiger partial charge in [0.05, 0.1) is 64.3 Å². The second-order valence-corrected chi connectivity index (χ2v) is 36.8. The van der Waals surface area contributed by atoms with Gasteiger partial charge in [0.25, 0.3) is 11.8 Å². The van der Waals surface area contributed by atoms with Crippen LogP contribution >= 0.6 is 11.8 Å². The molecule has 38 nitrogen and oxygen atoms in total. The predicted octanol–water partition coefficient (Wildman–Crippen LogP) is 9.87. The molecular weight excluding hydrogens is 1780 g/mol. The summed E-state index contributed by atoms with van der Waals surface area (Å²) in [4.78, 5) is 194. The van der Waals surface area contributed by atoms with Crippen molar-refractivity contribution in [3.63, 3.8) is 0 Å². The Morgan fingerprint density at radius 1 is 0.311 bits per heavy atom. The van der Waals surface area contributed by atoms with Crippen LogP contribution in [0.3, 0.4) is 0 Å². The van der Waals surface area contributed by atoms with E-state index in [0.717, 1.165) is 211 Å². The molecule has 11 rings (SSSR count). The number of nitrogens with one attached hydrogen (secondary N) is 9. The maximum atomic E-state index is 11.7. The lowest BCUT2D eigenvalue weighted by Crippen LogP contribution is -2.35. The number of aromatic carboxylic acids is 1. The van der Waals surface area contributed by atoms with Crippen LogP contribution in [0.15, 0.2) is 24.3 Å². The van der Waals surface area contributed by atoms with Crippen molar-refractivity contribution in [1.29, 1.82) is 0 Å². The largest absolute Gasteiger partial charge is 0.481 e. The van der Waals surface area contributed by atoms with Crippen molar-refractivity contribution in [3.8, 4) is 11.8 Å². The van der Waals surface area contributed by atoms with Gasteiger partial charge in [-0.05, 0) is 228 Å². The molecule has 10 saturated carbocycles. The van der Waals surface area contributed by atoms with Crippen molar-refractivity contribution in [2.45, 2.75) is 338 Å². The molecule has 0 aromatic heterocycles. The molecule has 0 aliphatic heterocycles. The van der Waals surface area contributed by atoms with Crippen molar-refractivity contribution in [2.75, 3.05) is 71.2 Å². The molecule has 0 unspecified atom stereocenters. The molecule has 1 aromatic rings. The van der Waals surface area contributed by atoms with E-state index in [4.69, 9.17) is 50.3 Å². The van der Waals surface area contributed by atoms with Crippen LogP contribution in [0.5, 0.6) is 0 Å². The van der Waals surface area contributed by atoms with Crippen molar-refractivity contribution in [1.82, 2.24) is 47.9 Å². The lowest BCUT2D eigenvalue weighted by molar-refractivity contribution is -0.144. The topological polar surface area (TPSA) is 605 Å². The fourth-order valence-corrected chi connectivity index (χ4v) is 13.0. The highest BCUT2D eigenvalue weighted by atomic mass is 32.2. The Kier molecular flexibility index (Phi) is 64.0. The van der Waals surface area contributed by atoms with Gasteiger partial charge in [-0.2, -0.15) is 11.8 Å². The van der Waals surface area contributed by atoms with Gasteiger partial charge in [0.15, 0.2) is 0 Å². The van der Waals surface area contributed by atoms with Crippen LogP contribution in [0.25, 0.3) is 0 Å². The first kappa shape index (κ1) is 119. The normalized spacial score (nSPS) is 16.5. The number of carboxylic acids is 8. The van der Waals surface area contributed by atoms with E-state index in [1.165, 1.54) is 94.5 Å². The van der Waals surface area contributed by atoms with Gasteiger partial charge in [0, 0.05) is 149 Å². The highest BCUT2D eigenvalue weighted by Crippen LogP contribution is 2.32. The van der Waals surface area contributed by atoms with Gasteiger partial charge < -0.3 is 103 Å². The molecule has 10 aliphatic carbocycles. The number of rotatable bonds is 58. The number of carbonyl (C=O) groups excluding carboxylic acids is 10. The van der Waals surface area contributed by atoms with E-state index < -0.39 is 53.7 Å². The van der Waals surface area contributed by atoms with Crippen LogP contribution in [0, 0.1) is 47.3 Å². The number of ether oxygens (including phenoxy) is 3. The summed E-state index contributed by atoms with van der Waals surface area (Å²) in [6, 6.07) is 7.68. The highest BCUT2D eigenvalue weighted by Gasteiger charge is 2.34. The fourth-order valence-electron chi connectivity index (χ4n) is 12.2. The van der Waals surface area contributed by atoms with E-state index >= 15 is 0 Å². The molecule has 9 amide bonds. The van der Waals surface area contributed by atoms with Gasteiger partial charge in [0.2, 0.25) is 41.4 Å². The number of hydrogen-bond donors (Lipinski definition) is 17. The fraction of sp³-hybridized carbons (Fsp3) is 0.729. The minimum Gasteiger partial charge on any atom is -0.481 e. The van der Waals surface area contributed by atoms with Gasteiger partial charge in [-0.25, -0.2) is 9.59 Å². The molecule has 0 radical (unpaired) electrons. The first-order chi connectivity index (χ1) is 64.6. The third kappa shape index (κ3) is 78.4. The molecule has 0 atom stereocenters. The molecule has 0 bridgehead atoms. The minimum absolute atomic E-state index is 0.00968. The van der Waals surface area contributed by atoms with Gasteiger partial charge in [-0.1, -0.05) is 51.4 Å². The zero-order valence-corrected chi connectivity index (χ0v) is 79.5. The molecule has 39 heteroatoms. The lowest BCUT2D eigenvalue weighted by atomic mass is 9.81. The maximum absolute atomic E-state index is 11.7. The van der Waals surface area contributed by atoms with E-state index in [-0.39, 0.29) is 122 Å². The summed E-state index contributed by atoms with van der Waals surface area (Å²) in [5.41, 5.74) is 0.699. The van der Waals surface area contributed by atoms with Crippen LogP contribution in [0.1, 0.15) is 329 Å². The first-order valence-corrected chi connectivity index (χ1v) is 49.6. The Bertz CT molecular complexity index is 3790. The Labute approximate surface area is 796 Å². The lowest BCUT2D eigenvalue weighted by Gasteiger charge is -2.25. The number of esters is 1. The van der Waals surface area contributed by atoms with E-state index in [9.17, 15) is 86.3 Å². The number of carboxylic acid groups (broad SMARTS) is 8. The summed E-state index contributed by atoms with van der Waals surface area (Å²) < 4.78 is 14.5. The SMILES string of the molecule is COC(=O)CCCCCCC(=O)NCC1CC1.O=C(O)C#CC(=O)NC1CC1.O=C(O)C1CCC(C(=O)NC2CC2)CC1.O=C(O)CCCCCCC(=O)NCC1CC1.O=C(O)CCCCCCCCC(=O)NCC1CC1.O=C(O)CCOCCC(=O)NC1CC1.O=C(O)CCOCCC(=O)NCC1CC1.O=C(O)CCSCCC(=O)NC1CC1.O=C(O)c1ccc(C(=O)NC2CC2)cc1. The number of methoxy groups -OCH3 is 1. The number of unbranched alkanes of at least 4 members (excludes halogenated alkanes) is 11. The monoisotopic (exact) mass is 1930 g/mol. The summed E-state index contributed by atoms with van der Waals surface area (Å²) in [6.45, 7) is 4.29. The van der Waals surface area contributed by atoms with Crippen LogP contribution in [-0.4, -0.2) is 249 Å². The van der Waals surface area contributed by atoms with E-state index in [1.54, 1.807) is 5.92 Å². The average molecular weight is 1930 g/mol. The van der Waals surface area contributed by atoms with Crippen molar-refractivity contribution >= 4 is 119 Å². The molecule has 0 spiro atoms. The molecule has 0 heterocycles.